The number of hydrogen-bond acceptors (Lipinski definition) is 2. The SMILES string of the molecule is [Cl][Ge]([Cl])([S]C1=CCC=C1)[S]C1=CCC=C1. The molecule has 0 spiro atoms. The molecule has 2 rings (SSSR count). The first-order chi connectivity index (χ1) is 7.16. The summed E-state index contributed by atoms with van der Waals surface area (Å²) < 4.78 is 0. The van der Waals surface area contributed by atoms with Crippen molar-refractivity contribution in [3.05, 3.63) is 46.3 Å². The molecule has 15 heavy (non-hydrogen) atoms. The van der Waals surface area contributed by atoms with Crippen molar-refractivity contribution in [2.75, 3.05) is 0 Å². The third-order valence-electron chi connectivity index (χ3n) is 1.95. The molecule has 2 aliphatic carbocycles. The molecule has 5 heteroatoms. The Kier molecular flexibility index (Phi) is 4.42. The standard InChI is InChI=1S/C10H10Cl2GeS2/c11-13(12,14-9-5-1-2-6-9)15-10-7-3-4-8-10/h1,3,5-8H,2,4H2. The van der Waals surface area contributed by atoms with Gasteiger partial charge in [-0.2, -0.15) is 0 Å². The fraction of sp³-hybridized carbons (Fsp3) is 0.200. The van der Waals surface area contributed by atoms with Crippen molar-refractivity contribution in [3.8, 4) is 0 Å². The van der Waals surface area contributed by atoms with Gasteiger partial charge in [0.05, 0.1) is 0 Å². The molecule has 80 valence electrons. The Balaban J connectivity index is 1.93. The van der Waals surface area contributed by atoms with Gasteiger partial charge in [0, 0.05) is 0 Å². The van der Waals surface area contributed by atoms with Gasteiger partial charge in [-0.1, -0.05) is 0 Å². The molecule has 0 unspecified atom stereocenters. The van der Waals surface area contributed by atoms with Gasteiger partial charge in [0.2, 0.25) is 0 Å². The van der Waals surface area contributed by atoms with Gasteiger partial charge < -0.3 is 0 Å². The van der Waals surface area contributed by atoms with E-state index >= 15 is 0 Å². The van der Waals surface area contributed by atoms with Crippen LogP contribution in [0, 0.1) is 0 Å². The molecule has 0 saturated carbocycles. The Bertz CT molecular complexity index is 336. The van der Waals surface area contributed by atoms with Gasteiger partial charge in [-0.25, -0.2) is 0 Å². The molecular weight excluding hydrogens is 328 g/mol. The quantitative estimate of drug-likeness (QED) is 0.658. The van der Waals surface area contributed by atoms with Crippen LogP contribution in [-0.2, 0) is 0 Å². The van der Waals surface area contributed by atoms with Crippen molar-refractivity contribution in [1.82, 2.24) is 0 Å². The van der Waals surface area contributed by atoms with Gasteiger partial charge in [0.1, 0.15) is 0 Å². The van der Waals surface area contributed by atoms with Gasteiger partial charge in [-0.15, -0.1) is 0 Å². The molecule has 0 atom stereocenters. The van der Waals surface area contributed by atoms with Crippen LogP contribution >= 0.6 is 40.2 Å². The number of allylic oxidation sites excluding steroid dienone is 6. The van der Waals surface area contributed by atoms with E-state index < -0.39 is 9.12 Å². The molecule has 0 aliphatic heterocycles. The van der Waals surface area contributed by atoms with E-state index in [1.165, 1.54) is 9.81 Å². The average Bonchev–Trinajstić information content (AvgIpc) is 2.75. The first-order valence-electron chi connectivity index (χ1n) is 4.65. The first-order valence-corrected chi connectivity index (χ1v) is 16.9. The predicted octanol–water partition coefficient (Wildman–Crippen LogP) is 5.05. The van der Waals surface area contributed by atoms with Gasteiger partial charge in [-0.05, 0) is 0 Å². The molecule has 0 N–H and O–H groups in total. The Morgan fingerprint density at radius 2 is 1.40 bits per heavy atom. The summed E-state index contributed by atoms with van der Waals surface area (Å²) in [6, 6.07) is 0. The van der Waals surface area contributed by atoms with Gasteiger partial charge in [0.25, 0.3) is 0 Å². The van der Waals surface area contributed by atoms with Crippen LogP contribution in [0.1, 0.15) is 12.8 Å². The number of hydrogen-bond donors (Lipinski definition) is 0. The molecule has 0 saturated heterocycles. The zero-order valence-corrected chi connectivity index (χ0v) is 13.2. The van der Waals surface area contributed by atoms with Crippen LogP contribution in [0.25, 0.3) is 0 Å². The second-order valence-electron chi connectivity index (χ2n) is 3.16. The van der Waals surface area contributed by atoms with E-state index in [0.29, 0.717) is 0 Å². The van der Waals surface area contributed by atoms with Crippen LogP contribution in [-0.4, -0.2) is 9.12 Å². The van der Waals surface area contributed by atoms with E-state index in [4.69, 9.17) is 20.0 Å². The monoisotopic (exact) mass is 338 g/mol. The molecule has 0 nitrogen and oxygen atoms in total. The molecular formula is C10H10Cl2GeS2. The van der Waals surface area contributed by atoms with Gasteiger partial charge in [-0.3, -0.25) is 0 Å². The summed E-state index contributed by atoms with van der Waals surface area (Å²) in [5.74, 6) is 0. The second kappa shape index (κ2) is 5.41. The molecule has 0 fully saturated rings. The fourth-order valence-corrected chi connectivity index (χ4v) is 17.4. The van der Waals surface area contributed by atoms with Crippen LogP contribution in [0.15, 0.2) is 46.3 Å². The molecule has 2 aliphatic rings. The van der Waals surface area contributed by atoms with Crippen molar-refractivity contribution in [3.63, 3.8) is 0 Å². The van der Waals surface area contributed by atoms with Crippen LogP contribution in [0.5, 0.6) is 0 Å². The average molecular weight is 338 g/mol. The summed E-state index contributed by atoms with van der Waals surface area (Å²) in [5.41, 5.74) is 0. The van der Waals surface area contributed by atoms with E-state index in [2.05, 4.69) is 36.5 Å². The van der Waals surface area contributed by atoms with Crippen LogP contribution < -0.4 is 0 Å². The van der Waals surface area contributed by atoms with Crippen molar-refractivity contribution < 1.29 is 0 Å². The maximum absolute atomic E-state index is 6.43. The number of halogens is 2. The van der Waals surface area contributed by atoms with Crippen molar-refractivity contribution >= 4 is 49.3 Å². The van der Waals surface area contributed by atoms with E-state index in [0.717, 1.165) is 12.8 Å². The maximum atomic E-state index is 6.43. The van der Waals surface area contributed by atoms with E-state index in [9.17, 15) is 0 Å². The third kappa shape index (κ3) is 3.93. The zero-order valence-electron chi connectivity index (χ0n) is 7.95. The fourth-order valence-electron chi connectivity index (χ4n) is 1.32. The van der Waals surface area contributed by atoms with Crippen LogP contribution in [0.2, 0.25) is 0 Å². The normalized spacial score (nSPS) is 19.6. The van der Waals surface area contributed by atoms with Crippen molar-refractivity contribution in [1.29, 1.82) is 0 Å². The molecule has 0 amide bonds. The third-order valence-corrected chi connectivity index (χ3v) is 16.9. The Morgan fingerprint density at radius 3 is 1.73 bits per heavy atom. The van der Waals surface area contributed by atoms with Gasteiger partial charge >= 0.3 is 108 Å². The van der Waals surface area contributed by atoms with E-state index in [-0.39, 0.29) is 0 Å². The zero-order chi connectivity index (χ0) is 10.7. The summed E-state index contributed by atoms with van der Waals surface area (Å²) >= 11 is 0. The summed E-state index contributed by atoms with van der Waals surface area (Å²) in [4.78, 5) is 2.46. The molecule has 0 aromatic carbocycles. The van der Waals surface area contributed by atoms with E-state index in [1.54, 1.807) is 20.2 Å². The summed E-state index contributed by atoms with van der Waals surface area (Å²) in [7, 11) is 13.4. The summed E-state index contributed by atoms with van der Waals surface area (Å²) in [5, 5.41) is 0. The molecule has 0 bridgehead atoms. The van der Waals surface area contributed by atoms with Crippen molar-refractivity contribution in [2.45, 2.75) is 12.8 Å². The minimum atomic E-state index is -2.81. The van der Waals surface area contributed by atoms with E-state index in [1.807, 2.05) is 0 Å². The topological polar surface area (TPSA) is 0 Å². The molecule has 0 aromatic heterocycles. The Morgan fingerprint density at radius 1 is 0.933 bits per heavy atom. The van der Waals surface area contributed by atoms with Crippen LogP contribution in [0.3, 0.4) is 0 Å². The van der Waals surface area contributed by atoms with Crippen LogP contribution in [0.4, 0.5) is 0 Å². The predicted molar refractivity (Wildman–Crippen MR) is 76.3 cm³/mol. The minimum absolute atomic E-state index is 1.02. The summed E-state index contributed by atoms with van der Waals surface area (Å²) in [6.07, 6.45) is 14.9. The van der Waals surface area contributed by atoms with Gasteiger partial charge in [0.15, 0.2) is 0 Å². The van der Waals surface area contributed by atoms with Crippen molar-refractivity contribution in [2.24, 2.45) is 0 Å². The molecule has 0 radical (unpaired) electrons. The summed E-state index contributed by atoms with van der Waals surface area (Å²) in [6.45, 7) is 0. The molecule has 0 aromatic rings. The first kappa shape index (κ1) is 12.2. The Labute approximate surface area is 108 Å². The number of rotatable bonds is 4. The second-order valence-corrected chi connectivity index (χ2v) is 28.3. The molecule has 0 heterocycles. The Hall–Kier alpha value is 0.783.